The molecule has 2 aromatic carbocycles. The zero-order valence-corrected chi connectivity index (χ0v) is 17.4. The zero-order chi connectivity index (χ0) is 21.1. The first-order valence-electron chi connectivity index (χ1n) is 10.1. The van der Waals surface area contributed by atoms with Crippen LogP contribution >= 0.6 is 0 Å². The first-order chi connectivity index (χ1) is 14.6. The van der Waals surface area contributed by atoms with Crippen LogP contribution in [0.3, 0.4) is 0 Å². The first kappa shape index (κ1) is 19.9. The smallest absolute Gasteiger partial charge is 0.259 e. The summed E-state index contributed by atoms with van der Waals surface area (Å²) < 4.78 is 16.2. The minimum Gasteiger partial charge on any atom is -0.493 e. The van der Waals surface area contributed by atoms with Crippen LogP contribution in [0, 0.1) is 5.92 Å². The van der Waals surface area contributed by atoms with Gasteiger partial charge in [0.25, 0.3) is 11.8 Å². The van der Waals surface area contributed by atoms with E-state index in [4.69, 9.17) is 14.0 Å². The van der Waals surface area contributed by atoms with Gasteiger partial charge < -0.3 is 18.9 Å². The summed E-state index contributed by atoms with van der Waals surface area (Å²) in [7, 11) is 3.16. The SMILES string of the molecule is COc1ccc(-c2noc(-c3ccccc3C(=O)N3CCC[C@@H](C)C3)n2)cc1OC. The van der Waals surface area contributed by atoms with Gasteiger partial charge in [0.1, 0.15) is 0 Å². The molecule has 0 unspecified atom stereocenters. The van der Waals surface area contributed by atoms with Crippen LogP contribution in [0.1, 0.15) is 30.1 Å². The summed E-state index contributed by atoms with van der Waals surface area (Å²) in [4.78, 5) is 19.6. The molecule has 156 valence electrons. The zero-order valence-electron chi connectivity index (χ0n) is 17.4. The molecule has 0 aliphatic carbocycles. The van der Waals surface area contributed by atoms with Crippen molar-refractivity contribution < 1.29 is 18.8 Å². The van der Waals surface area contributed by atoms with E-state index in [1.807, 2.05) is 35.2 Å². The van der Waals surface area contributed by atoms with Crippen LogP contribution in [0.5, 0.6) is 11.5 Å². The average molecular weight is 407 g/mol. The van der Waals surface area contributed by atoms with Crippen molar-refractivity contribution in [1.29, 1.82) is 0 Å². The van der Waals surface area contributed by atoms with Gasteiger partial charge in [-0.15, -0.1) is 0 Å². The number of amides is 1. The van der Waals surface area contributed by atoms with Gasteiger partial charge in [-0.2, -0.15) is 4.98 Å². The first-order valence-corrected chi connectivity index (χ1v) is 10.1. The molecule has 7 nitrogen and oxygen atoms in total. The number of piperidine rings is 1. The molecule has 1 saturated heterocycles. The lowest BCUT2D eigenvalue weighted by Gasteiger charge is -2.31. The van der Waals surface area contributed by atoms with E-state index in [2.05, 4.69) is 17.1 Å². The normalized spacial score (nSPS) is 16.4. The number of carbonyl (C=O) groups excluding carboxylic acids is 1. The van der Waals surface area contributed by atoms with Crippen molar-refractivity contribution >= 4 is 5.91 Å². The van der Waals surface area contributed by atoms with E-state index in [0.29, 0.717) is 40.3 Å². The van der Waals surface area contributed by atoms with Crippen molar-refractivity contribution in [3.05, 3.63) is 48.0 Å². The number of rotatable bonds is 5. The summed E-state index contributed by atoms with van der Waals surface area (Å²) in [6.45, 7) is 3.73. The van der Waals surface area contributed by atoms with Gasteiger partial charge in [-0.3, -0.25) is 4.79 Å². The summed E-state index contributed by atoms with van der Waals surface area (Å²) in [5.74, 6) is 2.44. The molecule has 4 rings (SSSR count). The number of ether oxygens (including phenoxy) is 2. The van der Waals surface area contributed by atoms with E-state index in [-0.39, 0.29) is 5.91 Å². The van der Waals surface area contributed by atoms with Gasteiger partial charge in [0.15, 0.2) is 11.5 Å². The van der Waals surface area contributed by atoms with Gasteiger partial charge in [0.2, 0.25) is 5.82 Å². The molecule has 1 atom stereocenters. The molecule has 0 N–H and O–H groups in total. The number of methoxy groups -OCH3 is 2. The fourth-order valence-corrected chi connectivity index (χ4v) is 3.83. The summed E-state index contributed by atoms with van der Waals surface area (Å²) >= 11 is 0. The number of aromatic nitrogens is 2. The minimum atomic E-state index is 0.00279. The van der Waals surface area contributed by atoms with E-state index in [0.717, 1.165) is 31.5 Å². The van der Waals surface area contributed by atoms with Crippen molar-refractivity contribution in [2.75, 3.05) is 27.3 Å². The summed E-state index contributed by atoms with van der Waals surface area (Å²) in [5.41, 5.74) is 1.95. The molecule has 0 saturated carbocycles. The Morgan fingerprint density at radius 3 is 2.70 bits per heavy atom. The molecule has 1 aliphatic rings. The van der Waals surface area contributed by atoms with Gasteiger partial charge in [0.05, 0.1) is 25.3 Å². The van der Waals surface area contributed by atoms with E-state index in [1.54, 1.807) is 26.4 Å². The molecule has 1 fully saturated rings. The van der Waals surface area contributed by atoms with Crippen LogP contribution in [0.15, 0.2) is 47.0 Å². The van der Waals surface area contributed by atoms with Crippen LogP contribution in [0.2, 0.25) is 0 Å². The Balaban J connectivity index is 1.65. The molecule has 1 aromatic heterocycles. The Labute approximate surface area is 175 Å². The molecule has 0 bridgehead atoms. The van der Waals surface area contributed by atoms with Crippen molar-refractivity contribution in [1.82, 2.24) is 15.0 Å². The summed E-state index contributed by atoms with van der Waals surface area (Å²) in [6.07, 6.45) is 2.18. The lowest BCUT2D eigenvalue weighted by Crippen LogP contribution is -2.39. The highest BCUT2D eigenvalue weighted by atomic mass is 16.5. The number of carbonyl (C=O) groups is 1. The largest absolute Gasteiger partial charge is 0.493 e. The lowest BCUT2D eigenvalue weighted by molar-refractivity contribution is 0.0683. The molecule has 0 radical (unpaired) electrons. The van der Waals surface area contributed by atoms with Crippen LogP contribution in [-0.4, -0.2) is 48.3 Å². The maximum atomic E-state index is 13.2. The second-order valence-corrected chi connectivity index (χ2v) is 7.54. The molecule has 1 aliphatic heterocycles. The number of benzene rings is 2. The second-order valence-electron chi connectivity index (χ2n) is 7.54. The fourth-order valence-electron chi connectivity index (χ4n) is 3.83. The highest BCUT2D eigenvalue weighted by Gasteiger charge is 2.25. The summed E-state index contributed by atoms with van der Waals surface area (Å²) in [6, 6.07) is 12.8. The molecule has 1 amide bonds. The Kier molecular flexibility index (Phi) is 5.70. The van der Waals surface area contributed by atoms with Gasteiger partial charge in [-0.05, 0) is 49.1 Å². The third kappa shape index (κ3) is 3.87. The van der Waals surface area contributed by atoms with Crippen LogP contribution in [0.25, 0.3) is 22.8 Å². The third-order valence-electron chi connectivity index (χ3n) is 5.40. The van der Waals surface area contributed by atoms with Gasteiger partial charge >= 0.3 is 0 Å². The van der Waals surface area contributed by atoms with Crippen LogP contribution in [-0.2, 0) is 0 Å². The van der Waals surface area contributed by atoms with E-state index < -0.39 is 0 Å². The molecule has 3 aromatic rings. The third-order valence-corrected chi connectivity index (χ3v) is 5.40. The van der Waals surface area contributed by atoms with Crippen molar-refractivity contribution in [2.45, 2.75) is 19.8 Å². The highest BCUT2D eigenvalue weighted by molar-refractivity contribution is 6.00. The summed E-state index contributed by atoms with van der Waals surface area (Å²) in [5, 5.41) is 4.11. The number of hydrogen-bond donors (Lipinski definition) is 0. The second kappa shape index (κ2) is 8.57. The Morgan fingerprint density at radius 1 is 1.13 bits per heavy atom. The van der Waals surface area contributed by atoms with Crippen LogP contribution in [0.4, 0.5) is 0 Å². The van der Waals surface area contributed by atoms with E-state index >= 15 is 0 Å². The Hall–Kier alpha value is -3.35. The predicted octanol–water partition coefficient (Wildman–Crippen LogP) is 4.29. The molecular formula is C23H25N3O4. The highest BCUT2D eigenvalue weighted by Crippen LogP contribution is 2.32. The topological polar surface area (TPSA) is 77.7 Å². The molecule has 2 heterocycles. The van der Waals surface area contributed by atoms with Gasteiger partial charge in [-0.25, -0.2) is 0 Å². The molecule has 0 spiro atoms. The predicted molar refractivity (Wildman–Crippen MR) is 113 cm³/mol. The van der Waals surface area contributed by atoms with Crippen molar-refractivity contribution in [3.8, 4) is 34.3 Å². The molecule has 30 heavy (non-hydrogen) atoms. The Bertz CT molecular complexity index is 1050. The van der Waals surface area contributed by atoms with E-state index in [9.17, 15) is 4.79 Å². The Morgan fingerprint density at radius 2 is 1.93 bits per heavy atom. The minimum absolute atomic E-state index is 0.00279. The quantitative estimate of drug-likeness (QED) is 0.628. The number of hydrogen-bond acceptors (Lipinski definition) is 6. The van der Waals surface area contributed by atoms with E-state index in [1.165, 1.54) is 0 Å². The molecule has 7 heteroatoms. The number of likely N-dealkylation sites (tertiary alicyclic amines) is 1. The van der Waals surface area contributed by atoms with Crippen molar-refractivity contribution in [3.63, 3.8) is 0 Å². The average Bonchev–Trinajstić information content (AvgIpc) is 3.28. The standard InChI is InChI=1S/C23H25N3O4/c1-15-7-6-12-26(14-15)23(27)18-9-5-4-8-17(18)22-24-21(25-30-22)16-10-11-19(28-2)20(13-16)29-3/h4-5,8-11,13,15H,6-7,12,14H2,1-3H3/t15-/m1/s1. The fraction of sp³-hybridized carbons (Fsp3) is 0.348. The maximum Gasteiger partial charge on any atom is 0.259 e. The monoisotopic (exact) mass is 407 g/mol. The maximum absolute atomic E-state index is 13.2. The van der Waals surface area contributed by atoms with Crippen LogP contribution < -0.4 is 9.47 Å². The number of nitrogens with zero attached hydrogens (tertiary/aromatic N) is 3. The van der Waals surface area contributed by atoms with Crippen molar-refractivity contribution in [2.24, 2.45) is 5.92 Å². The lowest BCUT2D eigenvalue weighted by atomic mass is 9.98. The van der Waals surface area contributed by atoms with Gasteiger partial charge in [-0.1, -0.05) is 24.2 Å². The van der Waals surface area contributed by atoms with Gasteiger partial charge in [0, 0.05) is 18.7 Å². The molecular weight excluding hydrogens is 382 g/mol.